The molecule has 1 N–H and O–H groups in total. The van der Waals surface area contributed by atoms with Crippen molar-refractivity contribution in [2.24, 2.45) is 0 Å². The Hall–Kier alpha value is -0.970. The van der Waals surface area contributed by atoms with Crippen molar-refractivity contribution in [2.75, 3.05) is 0 Å². The van der Waals surface area contributed by atoms with Crippen molar-refractivity contribution in [3.63, 3.8) is 0 Å². The maximum atomic E-state index is 11.7. The summed E-state index contributed by atoms with van der Waals surface area (Å²) >= 11 is 0. The van der Waals surface area contributed by atoms with Gasteiger partial charge in [0, 0.05) is 0 Å². The van der Waals surface area contributed by atoms with Crippen LogP contribution in [0.3, 0.4) is 0 Å². The topological polar surface area (TPSA) is 50.9 Å². The number of hydrogen-bond acceptors (Lipinski definition) is 3. The van der Waals surface area contributed by atoms with Crippen LogP contribution in [0.25, 0.3) is 0 Å². The first-order valence-corrected chi connectivity index (χ1v) is 2.42. The van der Waals surface area contributed by atoms with Crippen molar-refractivity contribution >= 4 is 0 Å². The normalized spacial score (nSPS) is 10.0. The number of halogens is 1. The molecule has 0 aliphatic rings. The predicted octanol–water partition coefficient (Wildman–Crippen LogP) is -0.303. The van der Waals surface area contributed by atoms with Crippen LogP contribution in [-0.2, 0) is 13.4 Å². The third kappa shape index (κ3) is 1.23. The van der Waals surface area contributed by atoms with E-state index in [4.69, 9.17) is 5.11 Å². The summed E-state index contributed by atoms with van der Waals surface area (Å²) in [6.07, 6.45) is 1.27. The molecule has 0 saturated heterocycles. The fourth-order valence-electron chi connectivity index (χ4n) is 0.463. The SMILES string of the molecule is OCn1cnc(CF)n1. The number of aliphatic hydroxyl groups is 1. The molecule has 0 radical (unpaired) electrons. The standard InChI is InChI=1S/C4H6FN3O/c5-1-4-6-2-8(3-9)7-4/h2,9H,1,3H2. The lowest BCUT2D eigenvalue weighted by atomic mass is 10.7. The first-order valence-electron chi connectivity index (χ1n) is 2.42. The highest BCUT2D eigenvalue weighted by Crippen LogP contribution is 1.89. The number of hydrogen-bond donors (Lipinski definition) is 1. The van der Waals surface area contributed by atoms with Gasteiger partial charge in [-0.1, -0.05) is 0 Å². The molecular weight excluding hydrogens is 125 g/mol. The summed E-state index contributed by atoms with van der Waals surface area (Å²) in [4.78, 5) is 3.52. The average molecular weight is 131 g/mol. The van der Waals surface area contributed by atoms with Gasteiger partial charge >= 0.3 is 0 Å². The molecule has 1 rings (SSSR count). The molecule has 0 saturated carbocycles. The molecule has 9 heavy (non-hydrogen) atoms. The van der Waals surface area contributed by atoms with E-state index in [0.29, 0.717) is 0 Å². The Morgan fingerprint density at radius 2 is 2.56 bits per heavy atom. The van der Waals surface area contributed by atoms with Gasteiger partial charge in [-0.3, -0.25) is 0 Å². The molecule has 0 aliphatic carbocycles. The molecular formula is C4H6FN3O. The van der Waals surface area contributed by atoms with E-state index in [1.54, 1.807) is 0 Å². The van der Waals surface area contributed by atoms with E-state index in [-0.39, 0.29) is 12.6 Å². The first kappa shape index (κ1) is 6.15. The van der Waals surface area contributed by atoms with E-state index in [1.165, 1.54) is 6.33 Å². The summed E-state index contributed by atoms with van der Waals surface area (Å²) in [5.41, 5.74) is 0. The maximum Gasteiger partial charge on any atom is 0.181 e. The van der Waals surface area contributed by atoms with E-state index in [1.807, 2.05) is 0 Å². The van der Waals surface area contributed by atoms with Crippen molar-refractivity contribution in [2.45, 2.75) is 13.4 Å². The lowest BCUT2D eigenvalue weighted by molar-refractivity contribution is 0.194. The molecule has 1 aromatic heterocycles. The molecule has 0 aliphatic heterocycles. The molecule has 0 bridgehead atoms. The van der Waals surface area contributed by atoms with E-state index < -0.39 is 6.67 Å². The maximum absolute atomic E-state index is 11.7. The Bertz CT molecular complexity index is 169. The minimum Gasteiger partial charge on any atom is -0.374 e. The molecule has 1 aromatic rings. The third-order valence-electron chi connectivity index (χ3n) is 0.848. The Morgan fingerprint density at radius 1 is 1.78 bits per heavy atom. The highest BCUT2D eigenvalue weighted by molar-refractivity contribution is 4.76. The summed E-state index contributed by atoms with van der Waals surface area (Å²) < 4.78 is 12.8. The minimum absolute atomic E-state index is 0.101. The Kier molecular flexibility index (Phi) is 1.74. The van der Waals surface area contributed by atoms with Gasteiger partial charge in [0.25, 0.3) is 0 Å². The van der Waals surface area contributed by atoms with Crippen LogP contribution < -0.4 is 0 Å². The second-order valence-corrected chi connectivity index (χ2v) is 1.48. The molecule has 0 atom stereocenters. The average Bonchev–Trinajstić information content (AvgIpc) is 2.34. The van der Waals surface area contributed by atoms with Crippen molar-refractivity contribution in [1.29, 1.82) is 0 Å². The first-order chi connectivity index (χ1) is 4.36. The van der Waals surface area contributed by atoms with Crippen LogP contribution in [-0.4, -0.2) is 19.9 Å². The zero-order valence-electron chi connectivity index (χ0n) is 4.66. The zero-order chi connectivity index (χ0) is 6.69. The lowest BCUT2D eigenvalue weighted by Gasteiger charge is -1.86. The van der Waals surface area contributed by atoms with Crippen LogP contribution >= 0.6 is 0 Å². The van der Waals surface area contributed by atoms with Gasteiger partial charge in [-0.05, 0) is 0 Å². The van der Waals surface area contributed by atoms with E-state index in [9.17, 15) is 4.39 Å². The van der Waals surface area contributed by atoms with Gasteiger partial charge in [0.1, 0.15) is 13.1 Å². The smallest absolute Gasteiger partial charge is 0.181 e. The van der Waals surface area contributed by atoms with Gasteiger partial charge in [-0.2, -0.15) is 5.10 Å². The molecule has 50 valence electrons. The van der Waals surface area contributed by atoms with E-state index in [0.717, 1.165) is 4.68 Å². The summed E-state index contributed by atoms with van der Waals surface area (Å²) in [6, 6.07) is 0. The fraction of sp³-hybridized carbons (Fsp3) is 0.500. The molecule has 0 unspecified atom stereocenters. The summed E-state index contributed by atoms with van der Waals surface area (Å²) in [5.74, 6) is 0.101. The van der Waals surface area contributed by atoms with Crippen LogP contribution in [0.2, 0.25) is 0 Å². The predicted molar refractivity (Wildman–Crippen MR) is 27.1 cm³/mol. The molecule has 1 heterocycles. The summed E-state index contributed by atoms with van der Waals surface area (Å²) in [7, 11) is 0. The summed E-state index contributed by atoms with van der Waals surface area (Å²) in [5, 5.41) is 11.9. The third-order valence-corrected chi connectivity index (χ3v) is 0.848. The number of nitrogens with zero attached hydrogens (tertiary/aromatic N) is 3. The van der Waals surface area contributed by atoms with Crippen LogP contribution in [0.4, 0.5) is 4.39 Å². The molecule has 4 nitrogen and oxygen atoms in total. The van der Waals surface area contributed by atoms with Crippen molar-refractivity contribution in [3.05, 3.63) is 12.2 Å². The second-order valence-electron chi connectivity index (χ2n) is 1.48. The van der Waals surface area contributed by atoms with Crippen LogP contribution in [0.15, 0.2) is 6.33 Å². The van der Waals surface area contributed by atoms with Crippen LogP contribution in [0, 0.1) is 0 Å². The van der Waals surface area contributed by atoms with Crippen molar-refractivity contribution in [1.82, 2.24) is 14.8 Å². The molecule has 5 heteroatoms. The molecule has 0 amide bonds. The van der Waals surface area contributed by atoms with Gasteiger partial charge in [0.15, 0.2) is 12.5 Å². The second kappa shape index (κ2) is 2.54. The van der Waals surface area contributed by atoms with Gasteiger partial charge in [0.05, 0.1) is 0 Å². The Balaban J connectivity index is 2.74. The molecule has 0 aromatic carbocycles. The van der Waals surface area contributed by atoms with E-state index >= 15 is 0 Å². The summed E-state index contributed by atoms with van der Waals surface area (Å²) in [6.45, 7) is -0.944. The Labute approximate surface area is 50.9 Å². The Morgan fingerprint density at radius 3 is 2.89 bits per heavy atom. The molecule has 0 fully saturated rings. The highest BCUT2D eigenvalue weighted by Gasteiger charge is 1.95. The monoisotopic (exact) mass is 131 g/mol. The number of alkyl halides is 1. The number of rotatable bonds is 2. The van der Waals surface area contributed by atoms with Crippen LogP contribution in [0.5, 0.6) is 0 Å². The zero-order valence-corrected chi connectivity index (χ0v) is 4.66. The quantitative estimate of drug-likeness (QED) is 0.599. The minimum atomic E-state index is -0.688. The molecule has 0 spiro atoms. The largest absolute Gasteiger partial charge is 0.374 e. The highest BCUT2D eigenvalue weighted by atomic mass is 19.1. The van der Waals surface area contributed by atoms with Crippen LogP contribution in [0.1, 0.15) is 5.82 Å². The lowest BCUT2D eigenvalue weighted by Crippen LogP contribution is -1.96. The van der Waals surface area contributed by atoms with Gasteiger partial charge in [0.2, 0.25) is 0 Å². The van der Waals surface area contributed by atoms with E-state index in [2.05, 4.69) is 10.1 Å². The number of aromatic nitrogens is 3. The van der Waals surface area contributed by atoms with Crippen molar-refractivity contribution < 1.29 is 9.50 Å². The van der Waals surface area contributed by atoms with Crippen molar-refractivity contribution in [3.8, 4) is 0 Å². The van der Waals surface area contributed by atoms with Gasteiger partial charge < -0.3 is 5.11 Å². The van der Waals surface area contributed by atoms with Gasteiger partial charge in [-0.15, -0.1) is 0 Å². The van der Waals surface area contributed by atoms with Gasteiger partial charge in [-0.25, -0.2) is 14.1 Å². The fourth-order valence-corrected chi connectivity index (χ4v) is 0.463. The number of aliphatic hydroxyl groups excluding tert-OH is 1.